The molecule has 0 aromatic carbocycles. The van der Waals surface area contributed by atoms with Gasteiger partial charge in [0.2, 0.25) is 0 Å². The van der Waals surface area contributed by atoms with Gasteiger partial charge in [-0.25, -0.2) is 0 Å². The van der Waals surface area contributed by atoms with Crippen LogP contribution in [0.4, 0.5) is 0 Å². The quantitative estimate of drug-likeness (QED) is 0.916. The van der Waals surface area contributed by atoms with Gasteiger partial charge in [0.15, 0.2) is 0 Å². The topological polar surface area (TPSA) is 29.5 Å². The fourth-order valence-corrected chi connectivity index (χ4v) is 3.93. The van der Waals surface area contributed by atoms with E-state index in [4.69, 9.17) is 4.74 Å². The predicted octanol–water partition coefficient (Wildman–Crippen LogP) is 3.81. The van der Waals surface area contributed by atoms with E-state index in [-0.39, 0.29) is 6.10 Å². The van der Waals surface area contributed by atoms with Crippen LogP contribution in [0.1, 0.15) is 42.2 Å². The third-order valence-corrected chi connectivity index (χ3v) is 4.64. The number of thiophene rings is 1. The summed E-state index contributed by atoms with van der Waals surface area (Å²) in [5.74, 6) is 0. The van der Waals surface area contributed by atoms with Crippen molar-refractivity contribution in [1.29, 1.82) is 0 Å². The fraction of sp³-hybridized carbons (Fsp3) is 0.667. The van der Waals surface area contributed by atoms with Gasteiger partial charge in [-0.2, -0.15) is 0 Å². The second-order valence-corrected chi connectivity index (χ2v) is 6.93. The lowest BCUT2D eigenvalue weighted by Gasteiger charge is -2.13. The predicted molar refractivity (Wildman–Crippen MR) is 69.9 cm³/mol. The number of halogens is 1. The van der Waals surface area contributed by atoms with Gasteiger partial charge in [-0.1, -0.05) is 0 Å². The van der Waals surface area contributed by atoms with Gasteiger partial charge in [0.25, 0.3) is 0 Å². The first-order valence-electron chi connectivity index (χ1n) is 5.72. The largest absolute Gasteiger partial charge is 0.388 e. The van der Waals surface area contributed by atoms with E-state index in [1.54, 1.807) is 11.3 Å². The van der Waals surface area contributed by atoms with E-state index in [0.29, 0.717) is 6.10 Å². The second kappa shape index (κ2) is 5.63. The van der Waals surface area contributed by atoms with E-state index in [2.05, 4.69) is 22.9 Å². The van der Waals surface area contributed by atoms with Gasteiger partial charge in [0.05, 0.1) is 16.0 Å². The van der Waals surface area contributed by atoms with E-state index in [1.165, 1.54) is 11.3 Å². The Morgan fingerprint density at radius 1 is 1.69 bits per heavy atom. The van der Waals surface area contributed by atoms with E-state index in [1.807, 2.05) is 6.07 Å². The molecule has 2 rings (SSSR count). The summed E-state index contributed by atoms with van der Waals surface area (Å²) in [6.45, 7) is 2.95. The molecule has 0 saturated carbocycles. The van der Waals surface area contributed by atoms with Crippen molar-refractivity contribution >= 4 is 27.3 Å². The molecule has 2 nitrogen and oxygen atoms in total. The number of aliphatic hydroxyl groups excluding tert-OH is 1. The summed E-state index contributed by atoms with van der Waals surface area (Å²) in [6, 6.07) is 2.03. The molecule has 1 saturated heterocycles. The van der Waals surface area contributed by atoms with Crippen molar-refractivity contribution in [2.75, 3.05) is 6.61 Å². The number of aliphatic hydroxyl groups is 1. The van der Waals surface area contributed by atoms with Crippen LogP contribution in [0.5, 0.6) is 0 Å². The van der Waals surface area contributed by atoms with Gasteiger partial charge < -0.3 is 9.84 Å². The fourth-order valence-electron chi connectivity index (χ4n) is 2.16. The minimum absolute atomic E-state index is 0.341. The highest BCUT2D eigenvalue weighted by atomic mass is 79.9. The minimum Gasteiger partial charge on any atom is -0.388 e. The molecule has 2 atom stereocenters. The maximum atomic E-state index is 10.1. The molecule has 1 aliphatic heterocycles. The Balaban J connectivity index is 1.87. The molecule has 1 fully saturated rings. The Hall–Kier alpha value is 0.1000. The zero-order valence-corrected chi connectivity index (χ0v) is 11.8. The maximum Gasteiger partial charge on any atom is 0.0802 e. The van der Waals surface area contributed by atoms with Crippen molar-refractivity contribution in [3.8, 4) is 0 Å². The monoisotopic (exact) mass is 304 g/mol. The van der Waals surface area contributed by atoms with E-state index < -0.39 is 0 Å². The molecular weight excluding hydrogens is 288 g/mol. The van der Waals surface area contributed by atoms with Crippen LogP contribution in [0, 0.1) is 6.92 Å². The molecule has 0 spiro atoms. The molecule has 2 heterocycles. The average molecular weight is 305 g/mol. The number of aryl methyl sites for hydroxylation is 1. The van der Waals surface area contributed by atoms with Crippen LogP contribution in [0.25, 0.3) is 0 Å². The Labute approximate surface area is 109 Å². The Morgan fingerprint density at radius 2 is 2.50 bits per heavy atom. The van der Waals surface area contributed by atoms with Crippen LogP contribution < -0.4 is 0 Å². The third kappa shape index (κ3) is 3.06. The summed E-state index contributed by atoms with van der Waals surface area (Å²) >= 11 is 5.13. The lowest BCUT2D eigenvalue weighted by molar-refractivity contribution is 0.0812. The van der Waals surface area contributed by atoms with Crippen LogP contribution in [0.15, 0.2) is 9.85 Å². The molecule has 0 amide bonds. The average Bonchev–Trinajstić information content (AvgIpc) is 2.84. The summed E-state index contributed by atoms with van der Waals surface area (Å²) in [5.41, 5.74) is 1.06. The highest BCUT2D eigenvalue weighted by molar-refractivity contribution is 9.11. The van der Waals surface area contributed by atoms with Crippen LogP contribution in [-0.4, -0.2) is 17.8 Å². The van der Waals surface area contributed by atoms with Crippen LogP contribution in [-0.2, 0) is 4.74 Å². The van der Waals surface area contributed by atoms with E-state index >= 15 is 0 Å². The third-order valence-electron chi connectivity index (χ3n) is 3.07. The number of hydrogen-bond donors (Lipinski definition) is 1. The molecule has 4 heteroatoms. The molecule has 1 N–H and O–H groups in total. The summed E-state index contributed by atoms with van der Waals surface area (Å²) in [7, 11) is 0. The molecule has 1 aromatic rings. The van der Waals surface area contributed by atoms with Crippen molar-refractivity contribution < 1.29 is 9.84 Å². The van der Waals surface area contributed by atoms with Crippen LogP contribution in [0.3, 0.4) is 0 Å². The summed E-state index contributed by atoms with van der Waals surface area (Å²) < 4.78 is 6.65. The number of hydrogen-bond acceptors (Lipinski definition) is 3. The zero-order valence-electron chi connectivity index (χ0n) is 9.41. The van der Waals surface area contributed by atoms with Gasteiger partial charge in [-0.05, 0) is 60.2 Å². The van der Waals surface area contributed by atoms with Crippen molar-refractivity contribution in [2.24, 2.45) is 0 Å². The maximum absolute atomic E-state index is 10.1. The molecule has 1 aromatic heterocycles. The molecule has 2 unspecified atom stereocenters. The van der Waals surface area contributed by atoms with E-state index in [0.717, 1.165) is 35.2 Å². The summed E-state index contributed by atoms with van der Waals surface area (Å²) in [6.07, 6.45) is 4.12. The first-order valence-corrected chi connectivity index (χ1v) is 7.33. The SMILES string of the molecule is Cc1sc(Br)cc1C(O)CCC1CCCO1. The van der Waals surface area contributed by atoms with Crippen molar-refractivity contribution in [2.45, 2.75) is 44.8 Å². The molecule has 0 bridgehead atoms. The Bertz CT molecular complexity index is 345. The van der Waals surface area contributed by atoms with Crippen molar-refractivity contribution in [1.82, 2.24) is 0 Å². The van der Waals surface area contributed by atoms with Gasteiger partial charge in [-0.3, -0.25) is 0 Å². The summed E-state index contributed by atoms with van der Waals surface area (Å²) in [4.78, 5) is 1.20. The first kappa shape index (κ1) is 12.6. The number of rotatable bonds is 4. The molecule has 0 aliphatic carbocycles. The Kier molecular flexibility index (Phi) is 4.41. The molecule has 90 valence electrons. The van der Waals surface area contributed by atoms with Crippen LogP contribution in [0.2, 0.25) is 0 Å². The minimum atomic E-state index is -0.341. The van der Waals surface area contributed by atoms with Crippen molar-refractivity contribution in [3.05, 3.63) is 20.3 Å². The van der Waals surface area contributed by atoms with Crippen LogP contribution >= 0.6 is 27.3 Å². The lowest BCUT2D eigenvalue weighted by Crippen LogP contribution is -2.08. The lowest BCUT2D eigenvalue weighted by atomic mass is 10.0. The Morgan fingerprint density at radius 3 is 3.06 bits per heavy atom. The highest BCUT2D eigenvalue weighted by Gasteiger charge is 2.19. The molecule has 1 aliphatic rings. The molecule has 16 heavy (non-hydrogen) atoms. The van der Waals surface area contributed by atoms with E-state index in [9.17, 15) is 5.11 Å². The zero-order chi connectivity index (χ0) is 11.5. The van der Waals surface area contributed by atoms with Gasteiger partial charge in [0.1, 0.15) is 0 Å². The molecule has 0 radical (unpaired) electrons. The number of ether oxygens (including phenoxy) is 1. The smallest absolute Gasteiger partial charge is 0.0802 e. The highest BCUT2D eigenvalue weighted by Crippen LogP contribution is 2.33. The van der Waals surface area contributed by atoms with Gasteiger partial charge in [-0.15, -0.1) is 11.3 Å². The molecular formula is C12H17BrO2S. The second-order valence-electron chi connectivity index (χ2n) is 4.29. The van der Waals surface area contributed by atoms with Gasteiger partial charge in [0, 0.05) is 11.5 Å². The summed E-state index contributed by atoms with van der Waals surface area (Å²) in [5, 5.41) is 10.1. The van der Waals surface area contributed by atoms with Gasteiger partial charge >= 0.3 is 0 Å². The first-order chi connectivity index (χ1) is 7.66. The van der Waals surface area contributed by atoms with Crippen molar-refractivity contribution in [3.63, 3.8) is 0 Å². The standard InChI is InChI=1S/C12H17BrO2S/c1-8-10(7-12(13)16-8)11(14)5-4-9-3-2-6-15-9/h7,9,11,14H,2-6H2,1H3. The normalized spacial score (nSPS) is 22.6.